The Hall–Kier alpha value is -1.44. The van der Waals surface area contributed by atoms with Crippen LogP contribution < -0.4 is 5.32 Å². The number of carbonyl (C=O) groups is 1. The predicted molar refractivity (Wildman–Crippen MR) is 103 cm³/mol. The molecule has 0 unspecified atom stereocenters. The summed E-state index contributed by atoms with van der Waals surface area (Å²) in [7, 11) is 0.428. The molecule has 0 radical (unpaired) electrons. The van der Waals surface area contributed by atoms with Crippen LogP contribution in [0.25, 0.3) is 0 Å². The zero-order chi connectivity index (χ0) is 19.3. The minimum atomic E-state index is -3.43. The summed E-state index contributed by atoms with van der Waals surface area (Å²) in [4.78, 5) is 14.4. The zero-order valence-electron chi connectivity index (χ0n) is 16.2. The first-order chi connectivity index (χ1) is 11.4. The van der Waals surface area contributed by atoms with Crippen LogP contribution in [-0.2, 0) is 20.2 Å². The maximum atomic E-state index is 12.4. The van der Waals surface area contributed by atoms with E-state index in [0.29, 0.717) is 13.0 Å². The molecule has 142 valence electrons. The van der Waals surface area contributed by atoms with Gasteiger partial charge in [0.1, 0.15) is 0 Å². The summed E-state index contributed by atoms with van der Waals surface area (Å²) in [6.07, 6.45) is 1.81. The first-order valence-electron chi connectivity index (χ1n) is 8.40. The van der Waals surface area contributed by atoms with E-state index in [1.165, 1.54) is 4.31 Å². The molecule has 0 aliphatic rings. The molecular formula is C18H31N3O3S. The van der Waals surface area contributed by atoms with E-state index in [1.807, 2.05) is 43.3 Å². The zero-order valence-corrected chi connectivity index (χ0v) is 17.0. The number of para-hydroxylation sites is 1. The van der Waals surface area contributed by atoms with Crippen LogP contribution in [0.1, 0.15) is 32.8 Å². The highest BCUT2D eigenvalue weighted by Gasteiger charge is 2.22. The maximum absolute atomic E-state index is 12.4. The van der Waals surface area contributed by atoms with Crippen molar-refractivity contribution < 1.29 is 13.2 Å². The standard InChI is InChI=1S/C18H31N3O3S/c1-18(2,3)15-10-7-8-11-16(15)19-17(22)14-21(25(6,23)24)13-9-12-20(4)5/h7-8,10-11H,9,12-14H2,1-6H3,(H,19,22). The van der Waals surface area contributed by atoms with Crippen LogP contribution in [0.3, 0.4) is 0 Å². The highest BCUT2D eigenvalue weighted by Crippen LogP contribution is 2.29. The van der Waals surface area contributed by atoms with Gasteiger partial charge in [-0.25, -0.2) is 8.42 Å². The molecule has 0 saturated carbocycles. The number of nitrogens with one attached hydrogen (secondary N) is 1. The topological polar surface area (TPSA) is 69.7 Å². The number of amides is 1. The van der Waals surface area contributed by atoms with E-state index in [4.69, 9.17) is 0 Å². The van der Waals surface area contributed by atoms with Crippen LogP contribution in [0.15, 0.2) is 24.3 Å². The van der Waals surface area contributed by atoms with Gasteiger partial charge >= 0.3 is 0 Å². The first-order valence-corrected chi connectivity index (χ1v) is 10.3. The summed E-state index contributed by atoms with van der Waals surface area (Å²) in [6.45, 7) is 7.13. The lowest BCUT2D eigenvalue weighted by Gasteiger charge is -2.24. The Morgan fingerprint density at radius 2 is 1.72 bits per heavy atom. The fraction of sp³-hybridized carbons (Fsp3) is 0.611. The number of rotatable bonds is 8. The Labute approximate surface area is 152 Å². The lowest BCUT2D eigenvalue weighted by Crippen LogP contribution is -2.39. The summed E-state index contributed by atoms with van der Waals surface area (Å²) in [6, 6.07) is 7.60. The highest BCUT2D eigenvalue weighted by molar-refractivity contribution is 7.88. The van der Waals surface area contributed by atoms with E-state index in [1.54, 1.807) is 0 Å². The molecule has 0 aromatic heterocycles. The van der Waals surface area contributed by atoms with E-state index in [2.05, 4.69) is 26.1 Å². The predicted octanol–water partition coefficient (Wildman–Crippen LogP) is 2.14. The minimum absolute atomic E-state index is 0.119. The fourth-order valence-electron chi connectivity index (χ4n) is 2.52. The fourth-order valence-corrected chi connectivity index (χ4v) is 3.33. The number of carbonyl (C=O) groups excluding carboxylic acids is 1. The molecule has 1 aromatic carbocycles. The molecule has 0 heterocycles. The van der Waals surface area contributed by atoms with Crippen LogP contribution in [0.5, 0.6) is 0 Å². The largest absolute Gasteiger partial charge is 0.325 e. The van der Waals surface area contributed by atoms with Gasteiger partial charge in [0, 0.05) is 12.2 Å². The summed E-state index contributed by atoms with van der Waals surface area (Å²) in [5, 5.41) is 2.86. The van der Waals surface area contributed by atoms with Crippen molar-refractivity contribution in [3.05, 3.63) is 29.8 Å². The van der Waals surface area contributed by atoms with Crippen molar-refractivity contribution in [2.24, 2.45) is 0 Å². The van der Waals surface area contributed by atoms with Crippen molar-refractivity contribution in [3.8, 4) is 0 Å². The third-order valence-electron chi connectivity index (χ3n) is 3.81. The van der Waals surface area contributed by atoms with Crippen LogP contribution in [0.4, 0.5) is 5.69 Å². The van der Waals surface area contributed by atoms with E-state index >= 15 is 0 Å². The SMILES string of the molecule is CN(C)CCCN(CC(=O)Nc1ccccc1C(C)(C)C)S(C)(=O)=O. The molecule has 0 bridgehead atoms. The van der Waals surface area contributed by atoms with Crippen LogP contribution in [-0.4, -0.2) is 63.5 Å². The van der Waals surface area contributed by atoms with Crippen LogP contribution in [0.2, 0.25) is 0 Å². The molecule has 0 saturated heterocycles. The molecular weight excluding hydrogens is 338 g/mol. The van der Waals surface area contributed by atoms with Gasteiger partial charge in [0.05, 0.1) is 12.8 Å². The number of nitrogens with zero attached hydrogens (tertiary/aromatic N) is 2. The quantitative estimate of drug-likeness (QED) is 0.762. The first kappa shape index (κ1) is 21.6. The van der Waals surface area contributed by atoms with Gasteiger partial charge in [0.2, 0.25) is 15.9 Å². The normalized spacial score (nSPS) is 12.6. The van der Waals surface area contributed by atoms with E-state index in [-0.39, 0.29) is 17.9 Å². The van der Waals surface area contributed by atoms with E-state index in [0.717, 1.165) is 24.1 Å². The van der Waals surface area contributed by atoms with Gasteiger partial charge in [-0.1, -0.05) is 39.0 Å². The average Bonchev–Trinajstić information content (AvgIpc) is 2.44. The number of anilines is 1. The summed E-state index contributed by atoms with van der Waals surface area (Å²) in [5.74, 6) is -0.327. The smallest absolute Gasteiger partial charge is 0.239 e. The minimum Gasteiger partial charge on any atom is -0.325 e. The highest BCUT2D eigenvalue weighted by atomic mass is 32.2. The molecule has 25 heavy (non-hydrogen) atoms. The lowest BCUT2D eigenvalue weighted by atomic mass is 9.86. The van der Waals surface area contributed by atoms with Gasteiger partial charge < -0.3 is 10.2 Å². The molecule has 1 N–H and O–H groups in total. The van der Waals surface area contributed by atoms with Gasteiger partial charge in [-0.3, -0.25) is 4.79 Å². The van der Waals surface area contributed by atoms with Crippen LogP contribution in [0, 0.1) is 0 Å². The molecule has 6 nitrogen and oxygen atoms in total. The number of benzene rings is 1. The monoisotopic (exact) mass is 369 g/mol. The Balaban J connectivity index is 2.82. The number of hydrogen-bond acceptors (Lipinski definition) is 4. The number of hydrogen-bond donors (Lipinski definition) is 1. The third kappa shape index (κ3) is 7.54. The van der Waals surface area contributed by atoms with Crippen molar-refractivity contribution in [3.63, 3.8) is 0 Å². The van der Waals surface area contributed by atoms with Crippen molar-refractivity contribution in [2.45, 2.75) is 32.6 Å². The summed E-state index contributed by atoms with van der Waals surface area (Å²) < 4.78 is 25.1. The maximum Gasteiger partial charge on any atom is 0.239 e. The molecule has 1 rings (SSSR count). The molecule has 0 atom stereocenters. The summed E-state index contributed by atoms with van der Waals surface area (Å²) in [5.41, 5.74) is 1.62. The molecule has 0 spiro atoms. The van der Waals surface area contributed by atoms with Crippen molar-refractivity contribution >= 4 is 21.6 Å². The molecule has 1 aromatic rings. The second kappa shape index (κ2) is 8.78. The van der Waals surface area contributed by atoms with Gasteiger partial charge in [-0.15, -0.1) is 0 Å². The Morgan fingerprint density at radius 3 is 2.24 bits per heavy atom. The number of sulfonamides is 1. The summed E-state index contributed by atoms with van der Waals surface area (Å²) >= 11 is 0. The molecule has 0 aliphatic heterocycles. The molecule has 0 aliphatic carbocycles. The van der Waals surface area contributed by atoms with Gasteiger partial charge in [0.25, 0.3) is 0 Å². The third-order valence-corrected chi connectivity index (χ3v) is 5.06. The molecule has 0 fully saturated rings. The van der Waals surface area contributed by atoms with Crippen molar-refractivity contribution in [1.29, 1.82) is 0 Å². The second-order valence-corrected chi connectivity index (χ2v) is 9.58. The Bertz CT molecular complexity index is 679. The van der Waals surface area contributed by atoms with Gasteiger partial charge in [0.15, 0.2) is 0 Å². The van der Waals surface area contributed by atoms with Crippen LogP contribution >= 0.6 is 0 Å². The Morgan fingerprint density at radius 1 is 1.12 bits per heavy atom. The molecule has 7 heteroatoms. The average molecular weight is 370 g/mol. The van der Waals surface area contributed by atoms with Crippen molar-refractivity contribution in [1.82, 2.24) is 9.21 Å². The van der Waals surface area contributed by atoms with Gasteiger partial charge in [-0.2, -0.15) is 4.31 Å². The Kier molecular flexibility index (Phi) is 7.59. The van der Waals surface area contributed by atoms with E-state index < -0.39 is 10.0 Å². The van der Waals surface area contributed by atoms with Crippen molar-refractivity contribution in [2.75, 3.05) is 45.3 Å². The lowest BCUT2D eigenvalue weighted by molar-refractivity contribution is -0.116. The molecule has 1 amide bonds. The van der Waals surface area contributed by atoms with Gasteiger partial charge in [-0.05, 0) is 44.1 Å². The van der Waals surface area contributed by atoms with E-state index in [9.17, 15) is 13.2 Å². The second-order valence-electron chi connectivity index (χ2n) is 7.60.